The molecule has 2 heterocycles. The Labute approximate surface area is 133 Å². The number of hydrogen-bond donors (Lipinski definition) is 1. The summed E-state index contributed by atoms with van der Waals surface area (Å²) in [6, 6.07) is 6.32. The van der Waals surface area contributed by atoms with Crippen molar-refractivity contribution in [1.82, 2.24) is 10.2 Å². The van der Waals surface area contributed by atoms with Crippen LogP contribution in [-0.2, 0) is 6.54 Å². The third kappa shape index (κ3) is 3.39. The number of nitrogens with one attached hydrogen (secondary N) is 1. The quantitative estimate of drug-likeness (QED) is 0.907. The van der Waals surface area contributed by atoms with E-state index in [1.165, 1.54) is 51.0 Å². The van der Waals surface area contributed by atoms with Crippen LogP contribution in [0.3, 0.4) is 0 Å². The molecule has 2 aliphatic rings. The molecule has 22 heavy (non-hydrogen) atoms. The summed E-state index contributed by atoms with van der Waals surface area (Å²) in [6.45, 7) is 8.47. The predicted molar refractivity (Wildman–Crippen MR) is 88.6 cm³/mol. The Morgan fingerprint density at radius 1 is 1.27 bits per heavy atom. The van der Waals surface area contributed by atoms with Crippen LogP contribution in [-0.4, -0.2) is 44.8 Å². The number of methoxy groups -OCH3 is 1. The van der Waals surface area contributed by atoms with E-state index in [2.05, 4.69) is 22.3 Å². The van der Waals surface area contributed by atoms with Gasteiger partial charge in [-0.1, -0.05) is 6.07 Å². The summed E-state index contributed by atoms with van der Waals surface area (Å²) in [4.78, 5) is 2.59. The molecule has 0 aliphatic carbocycles. The van der Waals surface area contributed by atoms with Gasteiger partial charge in [0.25, 0.3) is 0 Å². The van der Waals surface area contributed by atoms with E-state index in [1.807, 2.05) is 13.0 Å². The summed E-state index contributed by atoms with van der Waals surface area (Å²) in [6.07, 6.45) is 4.03. The van der Waals surface area contributed by atoms with Crippen LogP contribution in [0.2, 0.25) is 0 Å². The molecule has 4 heteroatoms. The summed E-state index contributed by atoms with van der Waals surface area (Å²) in [5.74, 6) is 1.68. The molecule has 1 aromatic carbocycles. The van der Waals surface area contributed by atoms with Gasteiger partial charge in [-0.05, 0) is 62.4 Å². The maximum absolute atomic E-state index is 5.60. The highest BCUT2D eigenvalue weighted by Gasteiger charge is 2.38. The Kier molecular flexibility index (Phi) is 4.89. The zero-order valence-corrected chi connectivity index (χ0v) is 13.9. The third-order valence-electron chi connectivity index (χ3n) is 5.01. The maximum atomic E-state index is 5.60. The number of rotatable bonds is 5. The standard InChI is InChI=1S/C18H28N2O2/c1-3-22-16-6-5-15(11-17(16)21-2)12-20-10-8-18(14-20)7-4-9-19-13-18/h5-6,11,19H,3-4,7-10,12-14H2,1-2H3/t18-/m1/s1. The van der Waals surface area contributed by atoms with Gasteiger partial charge in [0.15, 0.2) is 11.5 Å². The molecule has 1 aromatic rings. The molecule has 2 aliphatic heterocycles. The van der Waals surface area contributed by atoms with Crippen LogP contribution in [0.4, 0.5) is 0 Å². The highest BCUT2D eigenvalue weighted by atomic mass is 16.5. The summed E-state index contributed by atoms with van der Waals surface area (Å²) in [5.41, 5.74) is 1.83. The lowest BCUT2D eigenvalue weighted by Crippen LogP contribution is -2.41. The van der Waals surface area contributed by atoms with Gasteiger partial charge in [-0.2, -0.15) is 0 Å². The molecule has 2 fully saturated rings. The monoisotopic (exact) mass is 304 g/mol. The average Bonchev–Trinajstić information content (AvgIpc) is 2.92. The van der Waals surface area contributed by atoms with E-state index in [-0.39, 0.29) is 0 Å². The van der Waals surface area contributed by atoms with Gasteiger partial charge >= 0.3 is 0 Å². The van der Waals surface area contributed by atoms with Gasteiger partial charge in [0, 0.05) is 19.6 Å². The topological polar surface area (TPSA) is 33.7 Å². The molecule has 1 spiro atoms. The fraction of sp³-hybridized carbons (Fsp3) is 0.667. The number of likely N-dealkylation sites (tertiary alicyclic amines) is 1. The van der Waals surface area contributed by atoms with Crippen LogP contribution in [0, 0.1) is 5.41 Å². The molecular weight excluding hydrogens is 276 g/mol. The minimum Gasteiger partial charge on any atom is -0.493 e. The smallest absolute Gasteiger partial charge is 0.161 e. The number of nitrogens with zero attached hydrogens (tertiary/aromatic N) is 1. The van der Waals surface area contributed by atoms with Crippen molar-refractivity contribution in [3.8, 4) is 11.5 Å². The minimum absolute atomic E-state index is 0.521. The number of piperidine rings is 1. The highest BCUT2D eigenvalue weighted by Crippen LogP contribution is 2.37. The first-order chi connectivity index (χ1) is 10.7. The fourth-order valence-corrected chi connectivity index (χ4v) is 3.88. The molecule has 0 bridgehead atoms. The predicted octanol–water partition coefficient (Wildman–Crippen LogP) is 2.67. The summed E-state index contributed by atoms with van der Waals surface area (Å²) < 4.78 is 11.1. The second-order valence-corrected chi connectivity index (χ2v) is 6.66. The van der Waals surface area contributed by atoms with Crippen molar-refractivity contribution in [2.45, 2.75) is 32.7 Å². The van der Waals surface area contributed by atoms with Gasteiger partial charge in [-0.15, -0.1) is 0 Å². The van der Waals surface area contributed by atoms with E-state index in [9.17, 15) is 0 Å². The molecule has 4 nitrogen and oxygen atoms in total. The van der Waals surface area contributed by atoms with Crippen molar-refractivity contribution in [3.63, 3.8) is 0 Å². The molecule has 0 saturated carbocycles. The van der Waals surface area contributed by atoms with Gasteiger partial charge in [0.05, 0.1) is 13.7 Å². The maximum Gasteiger partial charge on any atom is 0.161 e. The van der Waals surface area contributed by atoms with E-state index in [4.69, 9.17) is 9.47 Å². The Balaban J connectivity index is 1.64. The summed E-state index contributed by atoms with van der Waals surface area (Å²) >= 11 is 0. The van der Waals surface area contributed by atoms with Crippen molar-refractivity contribution in [3.05, 3.63) is 23.8 Å². The first-order valence-electron chi connectivity index (χ1n) is 8.47. The van der Waals surface area contributed by atoms with Gasteiger partial charge in [-0.3, -0.25) is 4.90 Å². The second kappa shape index (κ2) is 6.88. The van der Waals surface area contributed by atoms with Gasteiger partial charge < -0.3 is 14.8 Å². The summed E-state index contributed by atoms with van der Waals surface area (Å²) in [5, 5.41) is 3.58. The average molecular weight is 304 g/mol. The van der Waals surface area contributed by atoms with Crippen molar-refractivity contribution < 1.29 is 9.47 Å². The van der Waals surface area contributed by atoms with Gasteiger partial charge in [-0.25, -0.2) is 0 Å². The molecular formula is C18H28N2O2. The number of ether oxygens (including phenoxy) is 2. The Morgan fingerprint density at radius 2 is 2.18 bits per heavy atom. The Hall–Kier alpha value is -1.26. The van der Waals surface area contributed by atoms with E-state index in [0.717, 1.165) is 18.0 Å². The van der Waals surface area contributed by atoms with E-state index < -0.39 is 0 Å². The fourth-order valence-electron chi connectivity index (χ4n) is 3.88. The third-order valence-corrected chi connectivity index (χ3v) is 5.01. The van der Waals surface area contributed by atoms with E-state index in [0.29, 0.717) is 12.0 Å². The molecule has 0 aromatic heterocycles. The van der Waals surface area contributed by atoms with Crippen molar-refractivity contribution >= 4 is 0 Å². The first kappa shape index (κ1) is 15.6. The van der Waals surface area contributed by atoms with Crippen molar-refractivity contribution in [2.75, 3.05) is 39.9 Å². The SMILES string of the molecule is CCOc1ccc(CN2CC[C@@]3(CCCNC3)C2)cc1OC. The number of benzene rings is 1. The van der Waals surface area contributed by atoms with Crippen LogP contribution < -0.4 is 14.8 Å². The number of hydrogen-bond acceptors (Lipinski definition) is 4. The van der Waals surface area contributed by atoms with Crippen LogP contribution in [0.25, 0.3) is 0 Å². The zero-order chi connectivity index (χ0) is 15.4. The molecule has 2 saturated heterocycles. The zero-order valence-electron chi connectivity index (χ0n) is 13.9. The Bertz CT molecular complexity index is 498. The molecule has 3 rings (SSSR count). The second-order valence-electron chi connectivity index (χ2n) is 6.66. The van der Waals surface area contributed by atoms with Crippen LogP contribution in [0.15, 0.2) is 18.2 Å². The van der Waals surface area contributed by atoms with Crippen molar-refractivity contribution in [2.24, 2.45) is 5.41 Å². The van der Waals surface area contributed by atoms with Gasteiger partial charge in [0.1, 0.15) is 0 Å². The first-order valence-corrected chi connectivity index (χ1v) is 8.47. The van der Waals surface area contributed by atoms with E-state index >= 15 is 0 Å². The molecule has 122 valence electrons. The van der Waals surface area contributed by atoms with E-state index in [1.54, 1.807) is 7.11 Å². The van der Waals surface area contributed by atoms with Crippen molar-refractivity contribution in [1.29, 1.82) is 0 Å². The molecule has 1 atom stereocenters. The molecule has 0 unspecified atom stereocenters. The normalized spacial score (nSPS) is 25.5. The van der Waals surface area contributed by atoms with Crippen LogP contribution >= 0.6 is 0 Å². The minimum atomic E-state index is 0.521. The lowest BCUT2D eigenvalue weighted by Gasteiger charge is -2.34. The van der Waals surface area contributed by atoms with Gasteiger partial charge in [0.2, 0.25) is 0 Å². The molecule has 0 radical (unpaired) electrons. The van der Waals surface area contributed by atoms with Crippen LogP contribution in [0.5, 0.6) is 11.5 Å². The lowest BCUT2D eigenvalue weighted by molar-refractivity contribution is 0.199. The lowest BCUT2D eigenvalue weighted by atomic mass is 9.80. The Morgan fingerprint density at radius 3 is 2.91 bits per heavy atom. The van der Waals surface area contributed by atoms with Crippen LogP contribution in [0.1, 0.15) is 31.7 Å². The highest BCUT2D eigenvalue weighted by molar-refractivity contribution is 5.43. The summed E-state index contributed by atoms with van der Waals surface area (Å²) in [7, 11) is 1.71. The largest absolute Gasteiger partial charge is 0.493 e. The molecule has 1 N–H and O–H groups in total. The molecule has 0 amide bonds.